The third kappa shape index (κ3) is 3.23. The second kappa shape index (κ2) is 5.41. The van der Waals surface area contributed by atoms with E-state index in [0.717, 1.165) is 16.9 Å². The summed E-state index contributed by atoms with van der Waals surface area (Å²) < 4.78 is 0. The zero-order chi connectivity index (χ0) is 12.4. The minimum Gasteiger partial charge on any atom is -0.307 e. The van der Waals surface area contributed by atoms with Crippen LogP contribution < -0.4 is 5.32 Å². The van der Waals surface area contributed by atoms with E-state index in [1.54, 1.807) is 0 Å². The van der Waals surface area contributed by atoms with Gasteiger partial charge in [0, 0.05) is 17.1 Å². The Bertz CT molecular complexity index is 369. The lowest BCUT2D eigenvalue weighted by atomic mass is 9.73. The summed E-state index contributed by atoms with van der Waals surface area (Å²) in [6.07, 6.45) is 2.64. The van der Waals surface area contributed by atoms with Crippen LogP contribution in [0.15, 0.2) is 24.3 Å². The third-order valence-corrected chi connectivity index (χ3v) is 4.19. The van der Waals surface area contributed by atoms with Crippen molar-refractivity contribution >= 4 is 11.6 Å². The van der Waals surface area contributed by atoms with Gasteiger partial charge in [-0.15, -0.1) is 0 Å². The van der Waals surface area contributed by atoms with Crippen molar-refractivity contribution in [2.75, 3.05) is 0 Å². The van der Waals surface area contributed by atoms with Gasteiger partial charge in [-0.25, -0.2) is 0 Å². The van der Waals surface area contributed by atoms with Crippen molar-refractivity contribution in [1.29, 1.82) is 0 Å². The Morgan fingerprint density at radius 1 is 1.24 bits per heavy atom. The van der Waals surface area contributed by atoms with Gasteiger partial charge in [-0.05, 0) is 49.3 Å². The molecule has 1 atom stereocenters. The van der Waals surface area contributed by atoms with E-state index in [4.69, 9.17) is 11.6 Å². The minimum absolute atomic E-state index is 0.395. The molecule has 0 heterocycles. The molecular formula is C15H22ClN. The van der Waals surface area contributed by atoms with Gasteiger partial charge in [0.1, 0.15) is 0 Å². The lowest BCUT2D eigenvalue weighted by Crippen LogP contribution is -2.43. The predicted octanol–water partition coefficient (Wildman–Crippen LogP) is 4.43. The highest BCUT2D eigenvalue weighted by Gasteiger charge is 2.31. The fourth-order valence-corrected chi connectivity index (χ4v) is 2.77. The van der Waals surface area contributed by atoms with Crippen LogP contribution in [-0.4, -0.2) is 6.04 Å². The van der Waals surface area contributed by atoms with Crippen LogP contribution >= 0.6 is 11.6 Å². The second-order valence-corrected chi connectivity index (χ2v) is 6.05. The topological polar surface area (TPSA) is 12.0 Å². The van der Waals surface area contributed by atoms with Gasteiger partial charge in [0.15, 0.2) is 0 Å². The van der Waals surface area contributed by atoms with Crippen LogP contribution in [0.5, 0.6) is 0 Å². The SMILES string of the molecule is CC(C)C1CC(N[C@@H](C)c2cccc(Cl)c2)C1. The van der Waals surface area contributed by atoms with Crippen molar-refractivity contribution in [2.24, 2.45) is 11.8 Å². The molecule has 2 heteroatoms. The molecule has 2 rings (SSSR count). The maximum atomic E-state index is 6.01. The average molecular weight is 252 g/mol. The fourth-order valence-electron chi connectivity index (χ4n) is 2.57. The van der Waals surface area contributed by atoms with Gasteiger partial charge in [0.25, 0.3) is 0 Å². The molecule has 1 aromatic rings. The summed E-state index contributed by atoms with van der Waals surface area (Å²) in [5, 5.41) is 4.51. The van der Waals surface area contributed by atoms with Crippen molar-refractivity contribution in [1.82, 2.24) is 5.32 Å². The quantitative estimate of drug-likeness (QED) is 0.835. The number of nitrogens with one attached hydrogen (secondary N) is 1. The monoisotopic (exact) mass is 251 g/mol. The highest BCUT2D eigenvalue weighted by Crippen LogP contribution is 2.34. The van der Waals surface area contributed by atoms with Gasteiger partial charge in [0.05, 0.1) is 0 Å². The largest absolute Gasteiger partial charge is 0.307 e. The summed E-state index contributed by atoms with van der Waals surface area (Å²) >= 11 is 6.01. The van der Waals surface area contributed by atoms with Crippen LogP contribution in [-0.2, 0) is 0 Å². The molecule has 1 aliphatic carbocycles. The summed E-state index contributed by atoms with van der Waals surface area (Å²) in [6, 6.07) is 9.23. The normalized spacial score (nSPS) is 25.7. The van der Waals surface area contributed by atoms with Gasteiger partial charge in [-0.2, -0.15) is 0 Å². The molecule has 1 nitrogen and oxygen atoms in total. The Kier molecular flexibility index (Phi) is 4.11. The molecule has 1 aromatic carbocycles. The summed E-state index contributed by atoms with van der Waals surface area (Å²) in [5.41, 5.74) is 1.28. The maximum absolute atomic E-state index is 6.01. The van der Waals surface area contributed by atoms with Gasteiger partial charge in [-0.3, -0.25) is 0 Å². The van der Waals surface area contributed by atoms with Crippen molar-refractivity contribution in [2.45, 2.75) is 45.7 Å². The van der Waals surface area contributed by atoms with Crippen LogP contribution in [0.2, 0.25) is 5.02 Å². The summed E-state index contributed by atoms with van der Waals surface area (Å²) in [7, 11) is 0. The smallest absolute Gasteiger partial charge is 0.0409 e. The highest BCUT2D eigenvalue weighted by atomic mass is 35.5. The lowest BCUT2D eigenvalue weighted by molar-refractivity contribution is 0.159. The minimum atomic E-state index is 0.395. The first-order valence-corrected chi connectivity index (χ1v) is 6.95. The van der Waals surface area contributed by atoms with E-state index >= 15 is 0 Å². The standard InChI is InChI=1S/C15H22ClN/c1-10(2)13-8-15(9-13)17-11(3)12-5-4-6-14(16)7-12/h4-7,10-11,13,15,17H,8-9H2,1-3H3/t11-,13?,15?/m0/s1. The summed E-state index contributed by atoms with van der Waals surface area (Å²) in [5.74, 6) is 1.74. The van der Waals surface area contributed by atoms with Crippen LogP contribution in [0.1, 0.15) is 45.2 Å². The Morgan fingerprint density at radius 2 is 1.94 bits per heavy atom. The van der Waals surface area contributed by atoms with Crippen LogP contribution in [0.3, 0.4) is 0 Å². The zero-order valence-corrected chi connectivity index (χ0v) is 11.7. The van der Waals surface area contributed by atoms with Crippen LogP contribution in [0.25, 0.3) is 0 Å². The van der Waals surface area contributed by atoms with E-state index in [2.05, 4.69) is 38.2 Å². The summed E-state index contributed by atoms with van der Waals surface area (Å²) in [6.45, 7) is 6.86. The van der Waals surface area contributed by atoms with E-state index in [1.165, 1.54) is 18.4 Å². The van der Waals surface area contributed by atoms with Crippen molar-refractivity contribution in [3.8, 4) is 0 Å². The van der Waals surface area contributed by atoms with Gasteiger partial charge < -0.3 is 5.32 Å². The number of hydrogen-bond acceptors (Lipinski definition) is 1. The van der Waals surface area contributed by atoms with Crippen molar-refractivity contribution in [3.63, 3.8) is 0 Å². The molecule has 0 amide bonds. The van der Waals surface area contributed by atoms with Crippen LogP contribution in [0, 0.1) is 11.8 Å². The molecule has 0 aliphatic heterocycles. The molecule has 0 aromatic heterocycles. The van der Waals surface area contributed by atoms with E-state index in [1.807, 2.05) is 12.1 Å². The molecule has 17 heavy (non-hydrogen) atoms. The van der Waals surface area contributed by atoms with Crippen LogP contribution in [0.4, 0.5) is 0 Å². The third-order valence-electron chi connectivity index (χ3n) is 3.95. The van der Waals surface area contributed by atoms with Gasteiger partial charge in [-0.1, -0.05) is 37.6 Å². The number of rotatable bonds is 4. The predicted molar refractivity (Wildman–Crippen MR) is 74.4 cm³/mol. The number of benzene rings is 1. The Morgan fingerprint density at radius 3 is 2.53 bits per heavy atom. The Hall–Kier alpha value is -0.530. The number of hydrogen-bond donors (Lipinski definition) is 1. The van der Waals surface area contributed by atoms with Crippen molar-refractivity contribution in [3.05, 3.63) is 34.9 Å². The Balaban J connectivity index is 1.85. The van der Waals surface area contributed by atoms with E-state index in [-0.39, 0.29) is 0 Å². The zero-order valence-electron chi connectivity index (χ0n) is 10.9. The van der Waals surface area contributed by atoms with Gasteiger partial charge in [0.2, 0.25) is 0 Å². The molecule has 0 unspecified atom stereocenters. The number of halogens is 1. The first-order chi connectivity index (χ1) is 8.06. The molecule has 1 saturated carbocycles. The van der Waals surface area contributed by atoms with Crippen molar-refractivity contribution < 1.29 is 0 Å². The van der Waals surface area contributed by atoms with E-state index in [9.17, 15) is 0 Å². The molecular weight excluding hydrogens is 230 g/mol. The molecule has 0 spiro atoms. The second-order valence-electron chi connectivity index (χ2n) is 5.62. The molecule has 1 fully saturated rings. The molecule has 0 saturated heterocycles. The highest BCUT2D eigenvalue weighted by molar-refractivity contribution is 6.30. The molecule has 1 aliphatic rings. The van der Waals surface area contributed by atoms with E-state index in [0.29, 0.717) is 12.1 Å². The van der Waals surface area contributed by atoms with Gasteiger partial charge >= 0.3 is 0 Å². The lowest BCUT2D eigenvalue weighted by Gasteiger charge is -2.40. The first-order valence-electron chi connectivity index (χ1n) is 6.57. The molecule has 0 radical (unpaired) electrons. The molecule has 0 bridgehead atoms. The average Bonchev–Trinajstić information content (AvgIpc) is 2.21. The maximum Gasteiger partial charge on any atom is 0.0409 e. The fraction of sp³-hybridized carbons (Fsp3) is 0.600. The summed E-state index contributed by atoms with van der Waals surface area (Å²) in [4.78, 5) is 0. The van der Waals surface area contributed by atoms with E-state index < -0.39 is 0 Å². The first kappa shape index (κ1) is 12.9. The molecule has 1 N–H and O–H groups in total. The Labute approximate surface area is 110 Å². The molecule has 94 valence electrons.